The van der Waals surface area contributed by atoms with Crippen molar-refractivity contribution in [2.45, 2.75) is 180 Å². The topological polar surface area (TPSA) is 91.3 Å². The summed E-state index contributed by atoms with van der Waals surface area (Å²) in [7, 11) is 1.62. The first-order chi connectivity index (χ1) is 29.1. The molecule has 346 valence electrons. The van der Waals surface area contributed by atoms with Crippen molar-refractivity contribution in [1.82, 2.24) is 0 Å². The Morgan fingerprint density at radius 2 is 0.967 bits per heavy atom. The molecule has 2 atom stereocenters. The number of carbonyl (C=O) groups excluding carboxylic acids is 1. The highest BCUT2D eigenvalue weighted by Crippen LogP contribution is 2.43. The molecule has 9 heteroatoms. The van der Waals surface area contributed by atoms with Gasteiger partial charge in [-0.15, -0.1) is 0 Å². The zero-order chi connectivity index (χ0) is 44.1. The zero-order valence-electron chi connectivity index (χ0n) is 39.2. The van der Waals surface area contributed by atoms with Crippen molar-refractivity contribution >= 4 is 13.8 Å². The van der Waals surface area contributed by atoms with Crippen LogP contribution >= 0.6 is 7.82 Å². The van der Waals surface area contributed by atoms with E-state index in [-0.39, 0.29) is 32.2 Å². The first kappa shape index (κ1) is 57.7. The molecule has 0 aliphatic rings. The second-order valence-corrected chi connectivity index (χ2v) is 18.2. The number of phosphoric acid groups is 1. The molecular weight excluding hydrogens is 770 g/mol. The van der Waals surface area contributed by atoms with Gasteiger partial charge in [0.2, 0.25) is 0 Å². The summed E-state index contributed by atoms with van der Waals surface area (Å²) < 4.78 is 35.0. The monoisotopic (exact) mass is 861 g/mol. The summed E-state index contributed by atoms with van der Waals surface area (Å²) in [4.78, 5) is 22.9. The SMILES string of the molecule is CC/C=C\C/C=C\C/C=C\C/C=C\C/C=C\C/C=C\CCCCC(=O)OC(COCCCCCCCC/C=C\CCCCCCCCC)COP(=O)(O)OCC[N+](C)(C)C. The second kappa shape index (κ2) is 43.3. The van der Waals surface area contributed by atoms with Crippen LogP contribution < -0.4 is 0 Å². The van der Waals surface area contributed by atoms with Crippen LogP contribution in [0.3, 0.4) is 0 Å². The minimum Gasteiger partial charge on any atom is -0.457 e. The van der Waals surface area contributed by atoms with Gasteiger partial charge in [-0.25, -0.2) is 4.57 Å². The minimum absolute atomic E-state index is 0.0744. The van der Waals surface area contributed by atoms with Crippen LogP contribution in [0.4, 0.5) is 0 Å². The van der Waals surface area contributed by atoms with Crippen LogP contribution in [0.2, 0.25) is 0 Å². The molecule has 0 aromatic rings. The highest BCUT2D eigenvalue weighted by Gasteiger charge is 2.26. The van der Waals surface area contributed by atoms with Gasteiger partial charge in [-0.05, 0) is 89.9 Å². The first-order valence-corrected chi connectivity index (χ1v) is 25.3. The quantitative estimate of drug-likeness (QED) is 0.0215. The summed E-state index contributed by atoms with van der Waals surface area (Å²) in [5, 5.41) is 0. The Labute approximate surface area is 369 Å². The van der Waals surface area contributed by atoms with Gasteiger partial charge < -0.3 is 18.9 Å². The van der Waals surface area contributed by atoms with E-state index in [2.05, 4.69) is 98.9 Å². The molecule has 0 radical (unpaired) electrons. The summed E-state index contributed by atoms with van der Waals surface area (Å²) in [6.07, 6.45) is 57.7. The fourth-order valence-corrected chi connectivity index (χ4v) is 6.76. The number of allylic oxidation sites excluding steroid dienone is 14. The number of carbonyl (C=O) groups is 1. The van der Waals surface area contributed by atoms with Gasteiger partial charge in [0.1, 0.15) is 19.3 Å². The van der Waals surface area contributed by atoms with Gasteiger partial charge in [0.05, 0.1) is 34.4 Å². The number of unbranched alkanes of at least 4 members (excludes halogenated alkanes) is 15. The molecule has 0 heterocycles. The average molecular weight is 861 g/mol. The van der Waals surface area contributed by atoms with E-state index in [0.717, 1.165) is 64.2 Å². The van der Waals surface area contributed by atoms with E-state index in [9.17, 15) is 14.3 Å². The summed E-state index contributed by atoms with van der Waals surface area (Å²) in [5.74, 6) is -0.360. The summed E-state index contributed by atoms with van der Waals surface area (Å²) in [6, 6.07) is 0. The molecule has 0 aromatic heterocycles. The van der Waals surface area contributed by atoms with Crippen molar-refractivity contribution in [2.24, 2.45) is 0 Å². The molecule has 0 spiro atoms. The molecule has 0 fully saturated rings. The van der Waals surface area contributed by atoms with Gasteiger partial charge in [0, 0.05) is 13.0 Å². The third-order valence-corrected chi connectivity index (χ3v) is 10.7. The Hall–Kier alpha value is -2.32. The molecule has 0 rings (SSSR count). The van der Waals surface area contributed by atoms with E-state index in [1.165, 1.54) is 83.5 Å². The maximum atomic E-state index is 12.7. The lowest BCUT2D eigenvalue weighted by Gasteiger charge is -2.24. The van der Waals surface area contributed by atoms with Gasteiger partial charge in [0.25, 0.3) is 0 Å². The summed E-state index contributed by atoms with van der Waals surface area (Å²) >= 11 is 0. The van der Waals surface area contributed by atoms with Crippen molar-refractivity contribution in [3.8, 4) is 0 Å². The van der Waals surface area contributed by atoms with Gasteiger partial charge in [-0.3, -0.25) is 13.8 Å². The van der Waals surface area contributed by atoms with Gasteiger partial charge in [-0.1, -0.05) is 163 Å². The van der Waals surface area contributed by atoms with E-state index < -0.39 is 13.9 Å². The predicted octanol–water partition coefficient (Wildman–Crippen LogP) is 14.4. The second-order valence-electron chi connectivity index (χ2n) is 16.8. The lowest BCUT2D eigenvalue weighted by atomic mass is 10.1. The lowest BCUT2D eigenvalue weighted by Crippen LogP contribution is -2.37. The van der Waals surface area contributed by atoms with E-state index in [1.54, 1.807) is 0 Å². The molecule has 0 amide bonds. The number of hydrogen-bond acceptors (Lipinski definition) is 6. The van der Waals surface area contributed by atoms with Crippen LogP contribution in [0.15, 0.2) is 85.1 Å². The zero-order valence-corrected chi connectivity index (χ0v) is 40.1. The van der Waals surface area contributed by atoms with E-state index >= 15 is 0 Å². The standard InChI is InChI=1S/C51H90NO7P/c1-6-8-10-12-14-16-18-20-22-24-25-26-27-28-30-32-34-36-38-40-42-44-51(53)59-50(49-58-60(54,55)57-47-45-52(3,4)5)48-56-46-43-41-39-37-35-33-31-29-23-21-19-17-15-13-11-9-7-2/h8,10,14,16,20,22-23,25-26,28-30,34,36,50H,6-7,9,11-13,15,17-19,21,24,27,31-33,35,37-49H2,1-5H3/p+1/b10-8-,16-14-,22-20-,26-25-,29-23-,30-28-,36-34-. The molecule has 0 aromatic carbocycles. The third kappa shape index (κ3) is 46.7. The number of quaternary nitrogens is 1. The molecule has 0 aliphatic carbocycles. The molecule has 0 aliphatic heterocycles. The van der Waals surface area contributed by atoms with Crippen LogP contribution in [-0.4, -0.2) is 75.6 Å². The Kier molecular flexibility index (Phi) is 41.7. The summed E-state index contributed by atoms with van der Waals surface area (Å²) in [5.41, 5.74) is 0. The van der Waals surface area contributed by atoms with Crippen LogP contribution in [0, 0.1) is 0 Å². The van der Waals surface area contributed by atoms with Crippen LogP contribution in [0.1, 0.15) is 174 Å². The molecule has 0 saturated carbocycles. The fourth-order valence-electron chi connectivity index (χ4n) is 6.02. The van der Waals surface area contributed by atoms with Gasteiger partial charge >= 0.3 is 13.8 Å². The highest BCUT2D eigenvalue weighted by atomic mass is 31.2. The lowest BCUT2D eigenvalue weighted by molar-refractivity contribution is -0.870. The molecule has 1 N–H and O–H groups in total. The van der Waals surface area contributed by atoms with Crippen LogP contribution in [-0.2, 0) is 27.9 Å². The maximum absolute atomic E-state index is 12.7. The molecule has 0 bridgehead atoms. The Bertz CT molecular complexity index is 1230. The number of nitrogens with zero attached hydrogens (tertiary/aromatic N) is 1. The molecule has 0 saturated heterocycles. The largest absolute Gasteiger partial charge is 0.472 e. The number of hydrogen-bond donors (Lipinski definition) is 1. The first-order valence-electron chi connectivity index (χ1n) is 23.8. The van der Waals surface area contributed by atoms with E-state index in [4.69, 9.17) is 18.5 Å². The number of likely N-dealkylation sites (N-methyl/N-ethyl adjacent to an activating group) is 1. The molecule has 8 nitrogen and oxygen atoms in total. The van der Waals surface area contributed by atoms with Crippen molar-refractivity contribution in [1.29, 1.82) is 0 Å². The summed E-state index contributed by atoms with van der Waals surface area (Å²) in [6.45, 7) is 5.42. The van der Waals surface area contributed by atoms with E-state index in [1.807, 2.05) is 21.1 Å². The van der Waals surface area contributed by atoms with E-state index in [0.29, 0.717) is 24.1 Å². The number of esters is 1. The highest BCUT2D eigenvalue weighted by molar-refractivity contribution is 7.47. The predicted molar refractivity (Wildman–Crippen MR) is 256 cm³/mol. The molecular formula is C51H91NO7P+. The number of rotatable bonds is 43. The van der Waals surface area contributed by atoms with Crippen molar-refractivity contribution in [3.63, 3.8) is 0 Å². The third-order valence-electron chi connectivity index (χ3n) is 9.69. The van der Waals surface area contributed by atoms with Gasteiger partial charge in [-0.2, -0.15) is 0 Å². The smallest absolute Gasteiger partial charge is 0.457 e. The Morgan fingerprint density at radius 3 is 1.47 bits per heavy atom. The average Bonchev–Trinajstić information content (AvgIpc) is 3.20. The fraction of sp³-hybridized carbons (Fsp3) is 0.706. The van der Waals surface area contributed by atoms with Crippen molar-refractivity contribution in [2.75, 3.05) is 54.1 Å². The molecule has 2 unspecified atom stereocenters. The number of phosphoric ester groups is 1. The van der Waals surface area contributed by atoms with Gasteiger partial charge in [0.15, 0.2) is 0 Å². The molecule has 60 heavy (non-hydrogen) atoms. The van der Waals surface area contributed by atoms with Crippen LogP contribution in [0.25, 0.3) is 0 Å². The minimum atomic E-state index is -4.30. The Morgan fingerprint density at radius 1 is 0.533 bits per heavy atom. The van der Waals surface area contributed by atoms with Crippen LogP contribution in [0.5, 0.6) is 0 Å². The normalized spacial score (nSPS) is 14.4. The Balaban J connectivity index is 4.32. The van der Waals surface area contributed by atoms with Crippen molar-refractivity contribution < 1.29 is 37.3 Å². The van der Waals surface area contributed by atoms with Crippen molar-refractivity contribution in [3.05, 3.63) is 85.1 Å². The maximum Gasteiger partial charge on any atom is 0.472 e. The number of ether oxygens (including phenoxy) is 2.